The Balaban J connectivity index is 1.50. The van der Waals surface area contributed by atoms with Crippen molar-refractivity contribution in [3.8, 4) is 0 Å². The van der Waals surface area contributed by atoms with Crippen molar-refractivity contribution in [2.24, 2.45) is 0 Å². The fourth-order valence-corrected chi connectivity index (χ4v) is 3.72. The number of carbonyl (C=O) groups is 1. The Hall–Kier alpha value is -3.52. The highest BCUT2D eigenvalue weighted by Gasteiger charge is 2.13. The molecule has 0 fully saturated rings. The molecule has 0 aliphatic heterocycles. The molecule has 0 saturated heterocycles. The molecule has 1 aromatic heterocycles. The third kappa shape index (κ3) is 2.85. The second-order valence-corrected chi connectivity index (χ2v) is 6.89. The third-order valence-electron chi connectivity index (χ3n) is 5.14. The van der Waals surface area contributed by atoms with Crippen molar-refractivity contribution in [3.05, 3.63) is 103 Å². The quantitative estimate of drug-likeness (QED) is 0.246. The minimum Gasteiger partial charge on any atom is -0.287 e. The van der Waals surface area contributed by atoms with Crippen LogP contribution in [0.25, 0.3) is 32.3 Å². The summed E-state index contributed by atoms with van der Waals surface area (Å²) < 4.78 is 1.95. The van der Waals surface area contributed by atoms with Gasteiger partial charge >= 0.3 is 0 Å². The molecule has 0 aliphatic rings. The Morgan fingerprint density at radius 2 is 1.37 bits per heavy atom. The molecule has 0 atom stereocenters. The van der Waals surface area contributed by atoms with Gasteiger partial charge in [-0.3, -0.25) is 4.79 Å². The van der Waals surface area contributed by atoms with Crippen molar-refractivity contribution in [1.29, 1.82) is 0 Å². The van der Waals surface area contributed by atoms with Crippen LogP contribution in [0.2, 0.25) is 0 Å². The molecule has 0 radical (unpaired) electrons. The van der Waals surface area contributed by atoms with Gasteiger partial charge in [0.1, 0.15) is 0 Å². The topological polar surface area (TPSA) is 20.9 Å². The first-order valence-electron chi connectivity index (χ1n) is 9.10. The summed E-state index contributed by atoms with van der Waals surface area (Å²) in [7, 11) is 0. The SMILES string of the molecule is O=C(C[n+]1ccc2ccccc2c1)c1ccc2c(ccc3ccccc32)c1. The van der Waals surface area contributed by atoms with E-state index >= 15 is 0 Å². The summed E-state index contributed by atoms with van der Waals surface area (Å²) in [5.41, 5.74) is 0.749. The summed E-state index contributed by atoms with van der Waals surface area (Å²) in [6, 6.07) is 28.8. The molecule has 0 unspecified atom stereocenters. The zero-order valence-electron chi connectivity index (χ0n) is 14.8. The number of hydrogen-bond donors (Lipinski definition) is 0. The molecule has 0 aliphatic carbocycles. The summed E-state index contributed by atoms with van der Waals surface area (Å²) in [4.78, 5) is 12.8. The van der Waals surface area contributed by atoms with Crippen molar-refractivity contribution < 1.29 is 9.36 Å². The fourth-order valence-electron chi connectivity index (χ4n) is 3.72. The van der Waals surface area contributed by atoms with Gasteiger partial charge in [0.2, 0.25) is 12.3 Å². The van der Waals surface area contributed by atoms with Crippen molar-refractivity contribution in [2.45, 2.75) is 6.54 Å². The van der Waals surface area contributed by atoms with Gasteiger partial charge in [-0.25, -0.2) is 0 Å². The van der Waals surface area contributed by atoms with Gasteiger partial charge in [0, 0.05) is 17.0 Å². The van der Waals surface area contributed by atoms with Crippen LogP contribution in [0.15, 0.2) is 97.3 Å². The van der Waals surface area contributed by atoms with Crippen LogP contribution in [0.5, 0.6) is 0 Å². The molecule has 0 amide bonds. The number of aromatic nitrogens is 1. The number of benzene rings is 4. The predicted octanol–water partition coefficient (Wildman–Crippen LogP) is 5.32. The van der Waals surface area contributed by atoms with Gasteiger partial charge in [0.15, 0.2) is 12.4 Å². The minimum atomic E-state index is 0.116. The number of fused-ring (bicyclic) bond motifs is 4. The van der Waals surface area contributed by atoms with Crippen molar-refractivity contribution in [3.63, 3.8) is 0 Å². The summed E-state index contributed by atoms with van der Waals surface area (Å²) >= 11 is 0. The lowest BCUT2D eigenvalue weighted by molar-refractivity contribution is -0.681. The first kappa shape index (κ1) is 15.7. The van der Waals surface area contributed by atoms with Gasteiger partial charge < -0.3 is 0 Å². The normalized spacial score (nSPS) is 11.3. The Labute approximate surface area is 157 Å². The lowest BCUT2D eigenvalue weighted by Crippen LogP contribution is -2.37. The van der Waals surface area contributed by atoms with Crippen molar-refractivity contribution in [2.75, 3.05) is 0 Å². The maximum atomic E-state index is 12.8. The standard InChI is InChI=1S/C25H18NO/c27-25(17-26-14-13-18-5-1-2-7-22(18)16-26)21-11-12-24-20(15-21)10-9-19-6-3-4-8-23(19)24/h1-16H,17H2/q+1. The molecular formula is C25H18NO+. The van der Waals surface area contributed by atoms with Crippen LogP contribution < -0.4 is 4.57 Å². The van der Waals surface area contributed by atoms with Crippen molar-refractivity contribution in [1.82, 2.24) is 0 Å². The largest absolute Gasteiger partial charge is 0.287 e. The van der Waals surface area contributed by atoms with Crippen LogP contribution in [0.1, 0.15) is 10.4 Å². The van der Waals surface area contributed by atoms with E-state index in [9.17, 15) is 4.79 Å². The molecule has 0 spiro atoms. The molecule has 2 heteroatoms. The predicted molar refractivity (Wildman–Crippen MR) is 110 cm³/mol. The Bertz CT molecular complexity index is 1320. The zero-order valence-corrected chi connectivity index (χ0v) is 14.8. The minimum absolute atomic E-state index is 0.116. The zero-order chi connectivity index (χ0) is 18.2. The summed E-state index contributed by atoms with van der Waals surface area (Å²) in [6.45, 7) is 0.337. The lowest BCUT2D eigenvalue weighted by atomic mass is 9.99. The van der Waals surface area contributed by atoms with Crippen LogP contribution in [0.4, 0.5) is 0 Å². The van der Waals surface area contributed by atoms with E-state index in [0.29, 0.717) is 6.54 Å². The van der Waals surface area contributed by atoms with Gasteiger partial charge in [0.05, 0.1) is 0 Å². The van der Waals surface area contributed by atoms with Gasteiger partial charge in [-0.1, -0.05) is 66.7 Å². The van der Waals surface area contributed by atoms with Gasteiger partial charge in [0.25, 0.3) is 0 Å². The molecule has 0 N–H and O–H groups in total. The fraction of sp³-hybridized carbons (Fsp3) is 0.0400. The number of carbonyl (C=O) groups excluding carboxylic acids is 1. The monoisotopic (exact) mass is 348 g/mol. The first-order chi connectivity index (χ1) is 13.3. The third-order valence-corrected chi connectivity index (χ3v) is 5.14. The van der Waals surface area contributed by atoms with Crippen molar-refractivity contribution >= 4 is 38.1 Å². The highest BCUT2D eigenvalue weighted by atomic mass is 16.1. The summed E-state index contributed by atoms with van der Waals surface area (Å²) in [5, 5.41) is 7.04. The highest BCUT2D eigenvalue weighted by Crippen LogP contribution is 2.26. The molecular weight excluding hydrogens is 330 g/mol. The Morgan fingerprint density at radius 1 is 0.667 bits per heavy atom. The average Bonchev–Trinajstić information content (AvgIpc) is 2.73. The molecule has 0 saturated carbocycles. The maximum Gasteiger partial charge on any atom is 0.227 e. The van der Waals surface area contributed by atoms with Crippen LogP contribution in [-0.4, -0.2) is 5.78 Å². The highest BCUT2D eigenvalue weighted by molar-refractivity contribution is 6.09. The molecule has 5 aromatic rings. The molecule has 2 nitrogen and oxygen atoms in total. The molecule has 4 aromatic carbocycles. The molecule has 1 heterocycles. The van der Waals surface area contributed by atoms with E-state index in [0.717, 1.165) is 16.3 Å². The number of nitrogens with zero attached hydrogens (tertiary/aromatic N) is 1. The van der Waals surface area contributed by atoms with E-state index in [2.05, 4.69) is 54.6 Å². The van der Waals surface area contributed by atoms with Crippen LogP contribution >= 0.6 is 0 Å². The average molecular weight is 348 g/mol. The molecule has 27 heavy (non-hydrogen) atoms. The van der Waals surface area contributed by atoms with Gasteiger partial charge in [-0.05, 0) is 39.1 Å². The van der Waals surface area contributed by atoms with Gasteiger partial charge in [-0.2, -0.15) is 4.57 Å². The van der Waals surface area contributed by atoms with Crippen LogP contribution in [0.3, 0.4) is 0 Å². The Kier molecular flexibility index (Phi) is 3.68. The second kappa shape index (κ2) is 6.33. The number of pyridine rings is 1. The van der Waals surface area contributed by atoms with E-state index in [-0.39, 0.29) is 5.78 Å². The Morgan fingerprint density at radius 3 is 2.26 bits per heavy atom. The second-order valence-electron chi connectivity index (χ2n) is 6.89. The number of Topliss-reactive ketones (excluding diaryl/α,β-unsaturated/α-hetero) is 1. The maximum absolute atomic E-state index is 12.8. The summed E-state index contributed by atoms with van der Waals surface area (Å²) in [6.07, 6.45) is 4.00. The van der Waals surface area contributed by atoms with Gasteiger partial charge in [-0.15, -0.1) is 0 Å². The van der Waals surface area contributed by atoms with E-state index in [4.69, 9.17) is 0 Å². The lowest BCUT2D eigenvalue weighted by Gasteiger charge is -2.06. The van der Waals surface area contributed by atoms with E-state index < -0.39 is 0 Å². The van der Waals surface area contributed by atoms with Crippen LogP contribution in [0, 0.1) is 0 Å². The van der Waals surface area contributed by atoms with E-state index in [1.165, 1.54) is 21.5 Å². The molecule has 5 rings (SSSR count). The van der Waals surface area contributed by atoms with E-state index in [1.54, 1.807) is 0 Å². The number of rotatable bonds is 3. The molecule has 0 bridgehead atoms. The smallest absolute Gasteiger partial charge is 0.227 e. The number of ketones is 1. The molecule has 128 valence electrons. The number of hydrogen-bond acceptors (Lipinski definition) is 1. The first-order valence-corrected chi connectivity index (χ1v) is 9.10. The van der Waals surface area contributed by atoms with Crippen LogP contribution in [-0.2, 0) is 6.54 Å². The summed E-state index contributed by atoms with van der Waals surface area (Å²) in [5.74, 6) is 0.116. The van der Waals surface area contributed by atoms with E-state index in [1.807, 2.05) is 47.3 Å².